The van der Waals surface area contributed by atoms with Gasteiger partial charge in [-0.1, -0.05) is 247 Å². The summed E-state index contributed by atoms with van der Waals surface area (Å²) in [5, 5.41) is 0. The molecule has 1 atom stereocenters. The molecule has 0 aliphatic carbocycles. The summed E-state index contributed by atoms with van der Waals surface area (Å²) in [6, 6.07) is 0. The highest BCUT2D eigenvalue weighted by Crippen LogP contribution is 2.17. The normalized spacial score (nSPS) is 12.1. The largest absolute Gasteiger partial charge is 0.462 e. The van der Waals surface area contributed by atoms with E-state index in [0.29, 0.717) is 19.3 Å². The van der Waals surface area contributed by atoms with Gasteiger partial charge in [0.15, 0.2) is 6.10 Å². The fourth-order valence-electron chi connectivity index (χ4n) is 7.81. The Morgan fingerprint density at radius 2 is 0.569 bits per heavy atom. The van der Waals surface area contributed by atoms with Crippen LogP contribution in [0.2, 0.25) is 0 Å². The molecule has 0 rings (SSSR count). The Balaban J connectivity index is 4.31. The van der Waals surface area contributed by atoms with E-state index in [9.17, 15) is 14.4 Å². The van der Waals surface area contributed by atoms with Gasteiger partial charge in [0, 0.05) is 19.3 Å². The van der Waals surface area contributed by atoms with E-state index in [1.807, 2.05) is 0 Å². The van der Waals surface area contributed by atoms with Crippen LogP contribution in [0.25, 0.3) is 0 Å². The van der Waals surface area contributed by atoms with Gasteiger partial charge in [-0.2, -0.15) is 0 Å². The van der Waals surface area contributed by atoms with Crippen molar-refractivity contribution in [3.05, 3.63) is 0 Å². The van der Waals surface area contributed by atoms with E-state index < -0.39 is 6.10 Å². The molecule has 0 saturated carbocycles. The summed E-state index contributed by atoms with van der Waals surface area (Å²) in [6.45, 7) is 11.4. The zero-order valence-corrected chi connectivity index (χ0v) is 39.7. The number of hydrogen-bond acceptors (Lipinski definition) is 6. The minimum absolute atomic E-state index is 0.0637. The first-order valence-electron chi connectivity index (χ1n) is 25.7. The molecule has 0 N–H and O–H groups in total. The topological polar surface area (TPSA) is 78.9 Å². The van der Waals surface area contributed by atoms with Crippen molar-refractivity contribution >= 4 is 17.9 Å². The van der Waals surface area contributed by atoms with E-state index in [4.69, 9.17) is 14.2 Å². The first-order chi connectivity index (χ1) is 28.2. The fourth-order valence-corrected chi connectivity index (χ4v) is 7.81. The molecule has 6 heteroatoms. The van der Waals surface area contributed by atoms with Crippen LogP contribution in [0.15, 0.2) is 0 Å². The first kappa shape index (κ1) is 56.4. The van der Waals surface area contributed by atoms with Gasteiger partial charge in [-0.25, -0.2) is 0 Å². The van der Waals surface area contributed by atoms with Crippen LogP contribution in [0.1, 0.15) is 285 Å². The van der Waals surface area contributed by atoms with Gasteiger partial charge < -0.3 is 14.2 Å². The van der Waals surface area contributed by atoms with E-state index in [1.165, 1.54) is 173 Å². The Bertz CT molecular complexity index is 885. The minimum Gasteiger partial charge on any atom is -0.462 e. The third-order valence-corrected chi connectivity index (χ3v) is 11.7. The van der Waals surface area contributed by atoms with E-state index in [1.54, 1.807) is 0 Å². The molecule has 6 nitrogen and oxygen atoms in total. The quantitative estimate of drug-likeness (QED) is 0.0346. The van der Waals surface area contributed by atoms with Crippen LogP contribution in [0.4, 0.5) is 0 Å². The molecule has 344 valence electrons. The smallest absolute Gasteiger partial charge is 0.306 e. The Morgan fingerprint density at radius 3 is 0.845 bits per heavy atom. The number of rotatable bonds is 46. The third kappa shape index (κ3) is 45.5. The average Bonchev–Trinajstić information content (AvgIpc) is 3.19. The SMILES string of the molecule is CCCCCCCCCCCCCC(=O)OC[C@H](COC(=O)CCCCCCCCCCCCCCC(C)C)OC(=O)CCCCCCCCCCCCCC(C)C. The minimum atomic E-state index is -0.761. The van der Waals surface area contributed by atoms with Gasteiger partial charge in [0.25, 0.3) is 0 Å². The second-order valence-electron chi connectivity index (χ2n) is 18.8. The molecule has 0 spiro atoms. The second kappa shape index (κ2) is 44.9. The van der Waals surface area contributed by atoms with Gasteiger partial charge in [0.05, 0.1) is 0 Å². The van der Waals surface area contributed by atoms with Crippen LogP contribution >= 0.6 is 0 Å². The predicted octanol–water partition coefficient (Wildman–Crippen LogP) is 16.5. The highest BCUT2D eigenvalue weighted by atomic mass is 16.6. The summed E-state index contributed by atoms with van der Waals surface area (Å²) in [5.41, 5.74) is 0. The molecule has 0 saturated heterocycles. The summed E-state index contributed by atoms with van der Waals surface area (Å²) >= 11 is 0. The fraction of sp³-hybridized carbons (Fsp3) is 0.942. The monoisotopic (exact) mass is 821 g/mol. The van der Waals surface area contributed by atoms with Crippen molar-refractivity contribution in [3.8, 4) is 0 Å². The van der Waals surface area contributed by atoms with Gasteiger partial charge in [0.1, 0.15) is 13.2 Å². The lowest BCUT2D eigenvalue weighted by Gasteiger charge is -2.18. The molecular weight excluding hydrogens is 721 g/mol. The molecule has 0 aromatic rings. The average molecular weight is 821 g/mol. The standard InChI is InChI=1S/C52H100O6/c1-6-7-8-9-10-11-15-22-27-32-37-42-50(53)56-45-49(58-52(55)44-39-34-29-24-19-14-17-21-26-31-36-41-48(4)5)46-57-51(54)43-38-33-28-23-18-13-12-16-20-25-30-35-40-47(2)3/h47-49H,6-46H2,1-5H3/t49-/m1/s1. The Labute approximate surface area is 361 Å². The van der Waals surface area contributed by atoms with Crippen molar-refractivity contribution in [1.82, 2.24) is 0 Å². The molecule has 0 unspecified atom stereocenters. The second-order valence-corrected chi connectivity index (χ2v) is 18.8. The number of carbonyl (C=O) groups is 3. The molecule has 0 aromatic heterocycles. The molecule has 0 fully saturated rings. The van der Waals surface area contributed by atoms with Gasteiger partial charge in [-0.05, 0) is 31.1 Å². The molecule has 58 heavy (non-hydrogen) atoms. The van der Waals surface area contributed by atoms with Crippen LogP contribution in [-0.2, 0) is 28.6 Å². The molecule has 0 heterocycles. The number of carbonyl (C=O) groups excluding carboxylic acids is 3. The lowest BCUT2D eigenvalue weighted by Crippen LogP contribution is -2.30. The molecule has 0 amide bonds. The van der Waals surface area contributed by atoms with E-state index in [0.717, 1.165) is 69.6 Å². The Hall–Kier alpha value is -1.59. The van der Waals surface area contributed by atoms with Gasteiger partial charge >= 0.3 is 17.9 Å². The lowest BCUT2D eigenvalue weighted by molar-refractivity contribution is -0.167. The number of hydrogen-bond donors (Lipinski definition) is 0. The van der Waals surface area contributed by atoms with Crippen molar-refractivity contribution in [3.63, 3.8) is 0 Å². The molecule has 0 aliphatic rings. The van der Waals surface area contributed by atoms with Crippen LogP contribution in [-0.4, -0.2) is 37.2 Å². The lowest BCUT2D eigenvalue weighted by atomic mass is 10.0. The van der Waals surface area contributed by atoms with Gasteiger partial charge in [-0.15, -0.1) is 0 Å². The van der Waals surface area contributed by atoms with Crippen LogP contribution in [0, 0.1) is 11.8 Å². The van der Waals surface area contributed by atoms with Gasteiger partial charge in [-0.3, -0.25) is 14.4 Å². The highest BCUT2D eigenvalue weighted by Gasteiger charge is 2.19. The summed E-state index contributed by atoms with van der Waals surface area (Å²) in [5.74, 6) is 0.810. The third-order valence-electron chi connectivity index (χ3n) is 11.7. The van der Waals surface area contributed by atoms with Gasteiger partial charge in [0.2, 0.25) is 0 Å². The summed E-state index contributed by atoms with van der Waals surface area (Å²) in [4.78, 5) is 37.9. The summed E-state index contributed by atoms with van der Waals surface area (Å²) < 4.78 is 16.8. The summed E-state index contributed by atoms with van der Waals surface area (Å²) in [7, 11) is 0. The zero-order chi connectivity index (χ0) is 42.6. The Morgan fingerprint density at radius 1 is 0.328 bits per heavy atom. The van der Waals surface area contributed by atoms with Crippen molar-refractivity contribution in [2.24, 2.45) is 11.8 Å². The van der Waals surface area contributed by atoms with E-state index in [2.05, 4.69) is 34.6 Å². The Kier molecular flexibility index (Phi) is 43.7. The molecule has 0 aliphatic heterocycles. The first-order valence-corrected chi connectivity index (χ1v) is 25.7. The zero-order valence-electron chi connectivity index (χ0n) is 39.7. The van der Waals surface area contributed by atoms with Crippen LogP contribution in [0.3, 0.4) is 0 Å². The van der Waals surface area contributed by atoms with Crippen LogP contribution in [0.5, 0.6) is 0 Å². The molecule has 0 aromatic carbocycles. The maximum atomic E-state index is 12.8. The molecular formula is C52H100O6. The number of unbranched alkanes of at least 4 members (excludes halogenated alkanes) is 31. The highest BCUT2D eigenvalue weighted by molar-refractivity contribution is 5.71. The van der Waals surface area contributed by atoms with Crippen molar-refractivity contribution in [2.75, 3.05) is 13.2 Å². The van der Waals surface area contributed by atoms with E-state index >= 15 is 0 Å². The number of ether oxygens (including phenoxy) is 3. The van der Waals surface area contributed by atoms with Crippen molar-refractivity contribution < 1.29 is 28.6 Å². The summed E-state index contributed by atoms with van der Waals surface area (Å²) in [6.07, 6.45) is 45.1. The maximum absolute atomic E-state index is 12.8. The van der Waals surface area contributed by atoms with Crippen molar-refractivity contribution in [2.45, 2.75) is 291 Å². The number of esters is 3. The van der Waals surface area contributed by atoms with Crippen LogP contribution < -0.4 is 0 Å². The maximum Gasteiger partial charge on any atom is 0.306 e. The van der Waals surface area contributed by atoms with Crippen molar-refractivity contribution in [1.29, 1.82) is 0 Å². The predicted molar refractivity (Wildman–Crippen MR) is 247 cm³/mol. The molecule has 0 bridgehead atoms. The molecule has 0 radical (unpaired) electrons. The van der Waals surface area contributed by atoms with E-state index in [-0.39, 0.29) is 31.1 Å².